The minimum atomic E-state index is -4.01. The van der Waals surface area contributed by atoms with Gasteiger partial charge in [-0.15, -0.1) is 0 Å². The summed E-state index contributed by atoms with van der Waals surface area (Å²) in [6.45, 7) is 1.78. The van der Waals surface area contributed by atoms with Gasteiger partial charge >= 0.3 is 0 Å². The van der Waals surface area contributed by atoms with E-state index in [1.807, 2.05) is 6.07 Å². The third kappa shape index (κ3) is 5.81. The van der Waals surface area contributed by atoms with Gasteiger partial charge in [-0.2, -0.15) is 0 Å². The summed E-state index contributed by atoms with van der Waals surface area (Å²) in [6.07, 6.45) is 0. The molecule has 11 heteroatoms. The molecule has 0 aliphatic rings. The first-order valence-corrected chi connectivity index (χ1v) is 13.1. The van der Waals surface area contributed by atoms with Gasteiger partial charge in [0.15, 0.2) is 0 Å². The summed E-state index contributed by atoms with van der Waals surface area (Å²) in [7, 11) is -5.09. The highest BCUT2D eigenvalue weighted by Crippen LogP contribution is 2.26. The van der Waals surface area contributed by atoms with Crippen LogP contribution in [-0.4, -0.2) is 36.9 Å². The smallest absolute Gasteiger partial charge is 0.255 e. The quantitative estimate of drug-likeness (QED) is 0.412. The Morgan fingerprint density at radius 1 is 0.912 bits per heavy atom. The van der Waals surface area contributed by atoms with Crippen molar-refractivity contribution in [3.05, 3.63) is 83.4 Å². The molecule has 1 amide bonds. The van der Waals surface area contributed by atoms with E-state index in [-0.39, 0.29) is 33.3 Å². The molecule has 0 heterocycles. The van der Waals surface area contributed by atoms with Crippen LogP contribution in [-0.2, 0) is 26.6 Å². The second-order valence-corrected chi connectivity index (χ2v) is 10.9. The van der Waals surface area contributed by atoms with E-state index >= 15 is 0 Å². The number of aryl methyl sites for hydroxylation is 1. The molecule has 0 atom stereocenters. The van der Waals surface area contributed by atoms with E-state index in [0.717, 1.165) is 5.56 Å². The van der Waals surface area contributed by atoms with Crippen molar-refractivity contribution in [2.24, 2.45) is 0 Å². The lowest BCUT2D eigenvalue weighted by atomic mass is 10.1. The van der Waals surface area contributed by atoms with Crippen LogP contribution in [0.15, 0.2) is 76.5 Å². The number of carbonyl (C=O) groups excluding carboxylic acids is 1. The fourth-order valence-electron chi connectivity index (χ4n) is 3.10. The van der Waals surface area contributed by atoms with Crippen molar-refractivity contribution in [2.75, 3.05) is 19.5 Å². The monoisotopic (exact) mass is 503 g/mol. The van der Waals surface area contributed by atoms with E-state index in [2.05, 4.69) is 14.8 Å². The summed E-state index contributed by atoms with van der Waals surface area (Å²) < 4.78 is 60.1. The normalized spacial score (nSPS) is 11.7. The van der Waals surface area contributed by atoms with E-state index in [0.29, 0.717) is 5.56 Å². The van der Waals surface area contributed by atoms with Gasteiger partial charge < -0.3 is 10.1 Å². The van der Waals surface area contributed by atoms with E-state index in [1.165, 1.54) is 44.5 Å². The number of ether oxygens (including phenoxy) is 1. The first-order valence-electron chi connectivity index (χ1n) is 10.1. The molecule has 3 rings (SSSR count). The highest BCUT2D eigenvalue weighted by Gasteiger charge is 2.22. The zero-order valence-corrected chi connectivity index (χ0v) is 20.5. The van der Waals surface area contributed by atoms with Crippen LogP contribution in [0.3, 0.4) is 0 Å². The third-order valence-corrected chi connectivity index (χ3v) is 7.90. The lowest BCUT2D eigenvalue weighted by Gasteiger charge is -2.14. The van der Waals surface area contributed by atoms with Gasteiger partial charge in [-0.1, -0.05) is 36.4 Å². The van der Waals surface area contributed by atoms with Gasteiger partial charge in [-0.05, 0) is 55.4 Å². The van der Waals surface area contributed by atoms with Crippen molar-refractivity contribution in [2.45, 2.75) is 23.3 Å². The molecule has 9 nitrogen and oxygen atoms in total. The molecule has 0 unspecified atom stereocenters. The Balaban J connectivity index is 1.89. The number of methoxy groups -OCH3 is 1. The highest BCUT2D eigenvalue weighted by atomic mass is 32.2. The lowest BCUT2D eigenvalue weighted by molar-refractivity contribution is 0.102. The standard InChI is InChI=1S/C23H25N3O6S2/c1-16-9-11-19(33(28,29)24-2)14-20(16)26-23(27)18-10-12-21(32-3)22(13-18)34(30,31)25-15-17-7-5-4-6-8-17/h4-14,24-25H,15H2,1-3H3,(H,26,27). The highest BCUT2D eigenvalue weighted by molar-refractivity contribution is 7.89. The molecular weight excluding hydrogens is 478 g/mol. The van der Waals surface area contributed by atoms with Crippen LogP contribution in [0, 0.1) is 6.92 Å². The van der Waals surface area contributed by atoms with Crippen molar-refractivity contribution in [3.8, 4) is 5.75 Å². The van der Waals surface area contributed by atoms with Crippen molar-refractivity contribution in [1.29, 1.82) is 0 Å². The summed E-state index contributed by atoms with van der Waals surface area (Å²) in [5.74, 6) is -0.528. The predicted octanol–water partition coefficient (Wildman–Crippen LogP) is 2.64. The van der Waals surface area contributed by atoms with Gasteiger partial charge in [0.1, 0.15) is 10.6 Å². The van der Waals surface area contributed by atoms with Crippen LogP contribution in [0.25, 0.3) is 0 Å². The Bertz CT molecular complexity index is 1410. The molecule has 0 saturated carbocycles. The van der Waals surface area contributed by atoms with Gasteiger partial charge in [0.2, 0.25) is 20.0 Å². The van der Waals surface area contributed by atoms with E-state index in [4.69, 9.17) is 4.74 Å². The number of benzene rings is 3. The van der Waals surface area contributed by atoms with Crippen molar-refractivity contribution in [3.63, 3.8) is 0 Å². The van der Waals surface area contributed by atoms with E-state index < -0.39 is 26.0 Å². The maximum absolute atomic E-state index is 13.0. The maximum atomic E-state index is 13.0. The molecule has 0 aromatic heterocycles. The maximum Gasteiger partial charge on any atom is 0.255 e. The first-order chi connectivity index (χ1) is 16.1. The Labute approximate surface area is 199 Å². The van der Waals surface area contributed by atoms with Crippen LogP contribution < -0.4 is 19.5 Å². The summed E-state index contributed by atoms with van der Waals surface area (Å²) in [5, 5.41) is 2.65. The zero-order chi connectivity index (χ0) is 24.9. The number of carbonyl (C=O) groups is 1. The van der Waals surface area contributed by atoms with Crippen molar-refractivity contribution in [1.82, 2.24) is 9.44 Å². The molecule has 0 saturated heterocycles. The van der Waals surface area contributed by atoms with Crippen LogP contribution in [0.5, 0.6) is 5.75 Å². The average molecular weight is 504 g/mol. The molecule has 0 radical (unpaired) electrons. The Morgan fingerprint density at radius 3 is 2.26 bits per heavy atom. The Kier molecular flexibility index (Phi) is 7.72. The topological polar surface area (TPSA) is 131 Å². The number of hydrogen-bond donors (Lipinski definition) is 3. The molecule has 180 valence electrons. The predicted molar refractivity (Wildman–Crippen MR) is 129 cm³/mol. The van der Waals surface area contributed by atoms with Crippen LogP contribution in [0.1, 0.15) is 21.5 Å². The average Bonchev–Trinajstić information content (AvgIpc) is 2.84. The second kappa shape index (κ2) is 10.3. The molecule has 0 spiro atoms. The summed E-state index contributed by atoms with van der Waals surface area (Å²) in [4.78, 5) is 12.7. The van der Waals surface area contributed by atoms with E-state index in [1.54, 1.807) is 37.3 Å². The Morgan fingerprint density at radius 2 is 1.62 bits per heavy atom. The van der Waals surface area contributed by atoms with Crippen LogP contribution >= 0.6 is 0 Å². The SMILES string of the molecule is CNS(=O)(=O)c1ccc(C)c(NC(=O)c2ccc(OC)c(S(=O)(=O)NCc3ccccc3)c2)c1. The molecule has 0 aliphatic heterocycles. The Hall–Kier alpha value is -3.25. The molecule has 0 fully saturated rings. The van der Waals surface area contributed by atoms with Gasteiger partial charge in [0, 0.05) is 17.8 Å². The summed E-state index contributed by atoms with van der Waals surface area (Å²) >= 11 is 0. The minimum absolute atomic E-state index is 0.0148. The lowest BCUT2D eigenvalue weighted by Crippen LogP contribution is -2.24. The number of anilines is 1. The molecule has 3 aromatic rings. The largest absolute Gasteiger partial charge is 0.495 e. The molecule has 0 bridgehead atoms. The molecular formula is C23H25N3O6S2. The number of amides is 1. The van der Waals surface area contributed by atoms with Gasteiger partial charge in [0.25, 0.3) is 5.91 Å². The van der Waals surface area contributed by atoms with Crippen molar-refractivity contribution >= 4 is 31.6 Å². The summed E-state index contributed by atoms with van der Waals surface area (Å²) in [5.41, 5.74) is 1.74. The molecule has 34 heavy (non-hydrogen) atoms. The second-order valence-electron chi connectivity index (χ2n) is 7.31. The van der Waals surface area contributed by atoms with Crippen LogP contribution in [0.4, 0.5) is 5.69 Å². The minimum Gasteiger partial charge on any atom is -0.495 e. The van der Waals surface area contributed by atoms with Gasteiger partial charge in [-0.3, -0.25) is 4.79 Å². The number of nitrogens with one attached hydrogen (secondary N) is 3. The number of hydrogen-bond acceptors (Lipinski definition) is 6. The van der Waals surface area contributed by atoms with Gasteiger partial charge in [0.05, 0.1) is 12.0 Å². The van der Waals surface area contributed by atoms with Crippen LogP contribution in [0.2, 0.25) is 0 Å². The fraction of sp³-hybridized carbons (Fsp3) is 0.174. The summed E-state index contributed by atoms with van der Waals surface area (Å²) in [6, 6.07) is 17.4. The number of rotatable bonds is 9. The first kappa shape index (κ1) is 25.4. The number of sulfonamides is 2. The molecule has 3 N–H and O–H groups in total. The fourth-order valence-corrected chi connectivity index (χ4v) is 5.06. The van der Waals surface area contributed by atoms with Gasteiger partial charge in [-0.25, -0.2) is 26.3 Å². The molecule has 0 aliphatic carbocycles. The zero-order valence-electron chi connectivity index (χ0n) is 18.8. The van der Waals surface area contributed by atoms with Crippen molar-refractivity contribution < 1.29 is 26.4 Å². The van der Waals surface area contributed by atoms with E-state index in [9.17, 15) is 21.6 Å². The third-order valence-electron chi connectivity index (χ3n) is 5.06. The molecule has 3 aromatic carbocycles.